The number of fused-ring (bicyclic) bond motifs is 3. The highest BCUT2D eigenvalue weighted by Gasteiger charge is 2.37. The second-order valence-electron chi connectivity index (χ2n) is 6.30. The number of hydrogen-bond donors (Lipinski definition) is 2. The van der Waals surface area contributed by atoms with Crippen LogP contribution in [0.4, 0.5) is 5.69 Å². The lowest BCUT2D eigenvalue weighted by Gasteiger charge is -2.37. The fourth-order valence-corrected chi connectivity index (χ4v) is 4.43. The van der Waals surface area contributed by atoms with Gasteiger partial charge in [-0.2, -0.15) is 11.8 Å². The predicted molar refractivity (Wildman–Crippen MR) is 99.7 cm³/mol. The molecule has 0 saturated carbocycles. The highest BCUT2D eigenvalue weighted by atomic mass is 32.2. The first-order valence-electron chi connectivity index (χ1n) is 8.12. The molecule has 24 heavy (non-hydrogen) atoms. The maximum atomic E-state index is 11.0. The van der Waals surface area contributed by atoms with Gasteiger partial charge in [-0.05, 0) is 37.3 Å². The van der Waals surface area contributed by atoms with Gasteiger partial charge in [0.05, 0.1) is 28.8 Å². The van der Waals surface area contributed by atoms with E-state index in [2.05, 4.69) is 47.3 Å². The summed E-state index contributed by atoms with van der Waals surface area (Å²) in [6.07, 6.45) is 3.62. The van der Waals surface area contributed by atoms with E-state index in [1.54, 1.807) is 11.8 Å². The van der Waals surface area contributed by atoms with E-state index in [-0.39, 0.29) is 11.3 Å². The second-order valence-corrected chi connectivity index (χ2v) is 7.28. The summed E-state index contributed by atoms with van der Waals surface area (Å²) in [6, 6.07) is 12.1. The van der Waals surface area contributed by atoms with Gasteiger partial charge in [0.2, 0.25) is 0 Å². The lowest BCUT2D eigenvalue weighted by molar-refractivity contribution is 0.145. The molecule has 3 unspecified atom stereocenters. The first kappa shape index (κ1) is 15.5. The maximum absolute atomic E-state index is 11.0. The smallest absolute Gasteiger partial charge is 0.161 e. The molecule has 1 aliphatic rings. The van der Waals surface area contributed by atoms with Crippen molar-refractivity contribution in [2.45, 2.75) is 31.2 Å². The first-order valence-corrected chi connectivity index (χ1v) is 9.41. The number of aliphatic hydroxyl groups excluding tert-OH is 1. The minimum atomic E-state index is -0.491. The van der Waals surface area contributed by atoms with Crippen LogP contribution in [0.5, 0.6) is 0 Å². The van der Waals surface area contributed by atoms with Crippen LogP contribution in [-0.4, -0.2) is 26.9 Å². The minimum absolute atomic E-state index is 0.0220. The van der Waals surface area contributed by atoms with Crippen LogP contribution in [0.25, 0.3) is 5.65 Å². The fourth-order valence-electron chi connectivity index (χ4n) is 3.54. The SMILES string of the molecule is CSC1c2ccn3c(C)c(C)nc3c2NC(c2ccccc2)C1O. The van der Waals surface area contributed by atoms with Crippen molar-refractivity contribution in [3.05, 3.63) is 65.1 Å². The summed E-state index contributed by atoms with van der Waals surface area (Å²) in [4.78, 5) is 4.76. The summed E-state index contributed by atoms with van der Waals surface area (Å²) in [5, 5.41) is 14.5. The summed E-state index contributed by atoms with van der Waals surface area (Å²) >= 11 is 1.69. The average molecular weight is 339 g/mol. The van der Waals surface area contributed by atoms with E-state index in [1.807, 2.05) is 25.1 Å². The Bertz CT molecular complexity index is 891. The molecule has 0 aliphatic carbocycles. The molecule has 0 fully saturated rings. The van der Waals surface area contributed by atoms with Crippen molar-refractivity contribution < 1.29 is 5.11 Å². The molecule has 3 atom stereocenters. The number of aromatic nitrogens is 2. The van der Waals surface area contributed by atoms with Gasteiger partial charge in [-0.25, -0.2) is 4.98 Å². The van der Waals surface area contributed by atoms with Crippen LogP contribution in [-0.2, 0) is 0 Å². The van der Waals surface area contributed by atoms with Crippen LogP contribution < -0.4 is 5.32 Å². The number of thioether (sulfide) groups is 1. The highest BCUT2D eigenvalue weighted by molar-refractivity contribution is 7.98. The van der Waals surface area contributed by atoms with Crippen molar-refractivity contribution in [1.29, 1.82) is 0 Å². The Morgan fingerprint density at radius 1 is 1.17 bits per heavy atom. The molecular formula is C19H21N3OS. The zero-order chi connectivity index (χ0) is 16.8. The van der Waals surface area contributed by atoms with Crippen LogP contribution in [0, 0.1) is 13.8 Å². The summed E-state index contributed by atoms with van der Waals surface area (Å²) in [6.45, 7) is 4.12. The van der Waals surface area contributed by atoms with Crippen molar-refractivity contribution in [1.82, 2.24) is 9.38 Å². The molecule has 0 saturated heterocycles. The molecule has 124 valence electrons. The molecule has 5 heteroatoms. The van der Waals surface area contributed by atoms with Crippen LogP contribution in [0.15, 0.2) is 42.6 Å². The number of hydrogen-bond acceptors (Lipinski definition) is 4. The fraction of sp³-hybridized carbons (Fsp3) is 0.316. The number of aliphatic hydroxyl groups is 1. The van der Waals surface area contributed by atoms with Gasteiger partial charge in [0.1, 0.15) is 0 Å². The molecule has 4 nitrogen and oxygen atoms in total. The van der Waals surface area contributed by atoms with Gasteiger partial charge >= 0.3 is 0 Å². The molecule has 4 rings (SSSR count). The van der Waals surface area contributed by atoms with E-state index in [0.29, 0.717) is 0 Å². The molecular weight excluding hydrogens is 318 g/mol. The molecule has 2 N–H and O–H groups in total. The Morgan fingerprint density at radius 2 is 1.92 bits per heavy atom. The lowest BCUT2D eigenvalue weighted by atomic mass is 9.91. The lowest BCUT2D eigenvalue weighted by Crippen LogP contribution is -2.35. The van der Waals surface area contributed by atoms with E-state index >= 15 is 0 Å². The highest BCUT2D eigenvalue weighted by Crippen LogP contribution is 2.46. The predicted octanol–water partition coefficient (Wildman–Crippen LogP) is 3.88. The number of nitrogens with one attached hydrogen (secondary N) is 1. The van der Waals surface area contributed by atoms with E-state index in [0.717, 1.165) is 33.8 Å². The van der Waals surface area contributed by atoms with E-state index < -0.39 is 6.10 Å². The van der Waals surface area contributed by atoms with Gasteiger partial charge in [-0.15, -0.1) is 0 Å². The number of pyridine rings is 1. The van der Waals surface area contributed by atoms with Crippen LogP contribution in [0.2, 0.25) is 0 Å². The topological polar surface area (TPSA) is 49.6 Å². The summed E-state index contributed by atoms with van der Waals surface area (Å²) in [5.74, 6) is 0. The zero-order valence-electron chi connectivity index (χ0n) is 14.0. The molecule has 1 aromatic carbocycles. The third kappa shape index (κ3) is 2.23. The second kappa shape index (κ2) is 5.83. The standard InChI is InChI=1S/C19H21N3OS/c1-11-12(2)22-10-9-14-16(19(22)20-11)21-15(17(23)18(14)24-3)13-7-5-4-6-8-13/h4-10,15,17-18,21,23H,1-3H3. The van der Waals surface area contributed by atoms with Crippen molar-refractivity contribution in [2.75, 3.05) is 11.6 Å². The number of benzene rings is 1. The Morgan fingerprint density at radius 3 is 2.62 bits per heavy atom. The molecule has 3 aromatic rings. The van der Waals surface area contributed by atoms with Crippen molar-refractivity contribution >= 4 is 23.1 Å². The van der Waals surface area contributed by atoms with Crippen molar-refractivity contribution in [2.24, 2.45) is 0 Å². The minimum Gasteiger partial charge on any atom is -0.389 e. The Hall–Kier alpha value is -1.98. The number of nitrogens with zero attached hydrogens (tertiary/aromatic N) is 2. The van der Waals surface area contributed by atoms with E-state index in [1.165, 1.54) is 0 Å². The third-order valence-electron chi connectivity index (χ3n) is 4.97. The summed E-state index contributed by atoms with van der Waals surface area (Å²) in [5.41, 5.74) is 6.38. The monoisotopic (exact) mass is 339 g/mol. The van der Waals surface area contributed by atoms with Gasteiger partial charge < -0.3 is 14.8 Å². The molecule has 0 spiro atoms. The van der Waals surface area contributed by atoms with E-state index in [4.69, 9.17) is 4.98 Å². The maximum Gasteiger partial charge on any atom is 0.161 e. The summed E-state index contributed by atoms with van der Waals surface area (Å²) in [7, 11) is 0. The average Bonchev–Trinajstić information content (AvgIpc) is 2.90. The normalized spacial score (nSPS) is 23.1. The van der Waals surface area contributed by atoms with Crippen molar-refractivity contribution in [3.8, 4) is 0 Å². The molecule has 0 bridgehead atoms. The first-order chi connectivity index (χ1) is 11.6. The third-order valence-corrected chi connectivity index (χ3v) is 6.01. The number of aryl methyl sites for hydroxylation is 2. The van der Waals surface area contributed by atoms with Crippen LogP contribution >= 0.6 is 11.8 Å². The van der Waals surface area contributed by atoms with Gasteiger partial charge in [0, 0.05) is 11.9 Å². The van der Waals surface area contributed by atoms with E-state index in [9.17, 15) is 5.11 Å². The number of anilines is 1. The molecule has 2 aromatic heterocycles. The number of rotatable bonds is 2. The molecule has 0 amide bonds. The Labute approximate surface area is 145 Å². The molecule has 1 aliphatic heterocycles. The Balaban J connectivity index is 1.91. The summed E-state index contributed by atoms with van der Waals surface area (Å²) < 4.78 is 2.12. The molecule has 0 radical (unpaired) electrons. The zero-order valence-corrected chi connectivity index (χ0v) is 14.8. The molecule has 3 heterocycles. The van der Waals surface area contributed by atoms with Gasteiger partial charge in [0.15, 0.2) is 5.65 Å². The van der Waals surface area contributed by atoms with Crippen LogP contribution in [0.3, 0.4) is 0 Å². The van der Waals surface area contributed by atoms with Gasteiger partial charge in [-0.3, -0.25) is 0 Å². The Kier molecular flexibility index (Phi) is 3.77. The quantitative estimate of drug-likeness (QED) is 0.744. The van der Waals surface area contributed by atoms with Gasteiger partial charge in [0.25, 0.3) is 0 Å². The number of imidazole rings is 1. The largest absolute Gasteiger partial charge is 0.389 e. The van der Waals surface area contributed by atoms with Gasteiger partial charge in [-0.1, -0.05) is 30.3 Å². The van der Waals surface area contributed by atoms with Crippen molar-refractivity contribution in [3.63, 3.8) is 0 Å². The van der Waals surface area contributed by atoms with Crippen LogP contribution in [0.1, 0.15) is 33.8 Å².